The molecule has 7 atom stereocenters. The van der Waals surface area contributed by atoms with Crippen LogP contribution in [0, 0.1) is 34.5 Å². The second-order valence-electron chi connectivity index (χ2n) is 8.95. The molecular formula is C21H28O4. The predicted molar refractivity (Wildman–Crippen MR) is 93.5 cm³/mol. The van der Waals surface area contributed by atoms with Crippen LogP contribution in [0.1, 0.15) is 46.0 Å². The van der Waals surface area contributed by atoms with Crippen molar-refractivity contribution in [2.45, 2.75) is 52.1 Å². The number of aliphatic hydroxyl groups excluding tert-OH is 1. The molecule has 0 radical (unpaired) electrons. The van der Waals surface area contributed by atoms with Crippen LogP contribution in [-0.2, 0) is 14.3 Å². The van der Waals surface area contributed by atoms with E-state index >= 15 is 0 Å². The highest BCUT2D eigenvalue weighted by molar-refractivity contribution is 6.01. The Morgan fingerprint density at radius 1 is 1.28 bits per heavy atom. The van der Waals surface area contributed by atoms with Crippen LogP contribution in [0.3, 0.4) is 0 Å². The number of carbonyl (C=O) groups is 2. The molecule has 0 bridgehead atoms. The number of carbonyl (C=O) groups excluding carboxylic acids is 2. The fourth-order valence-electron chi connectivity index (χ4n) is 6.86. The van der Waals surface area contributed by atoms with Crippen molar-refractivity contribution in [1.29, 1.82) is 0 Å². The van der Waals surface area contributed by atoms with Gasteiger partial charge in [-0.1, -0.05) is 25.5 Å². The summed E-state index contributed by atoms with van der Waals surface area (Å²) < 4.78 is 5.06. The topological polar surface area (TPSA) is 63.6 Å². The molecule has 4 heteroatoms. The quantitative estimate of drug-likeness (QED) is 0.743. The summed E-state index contributed by atoms with van der Waals surface area (Å²) in [5, 5.41) is 11.2. The van der Waals surface area contributed by atoms with Crippen molar-refractivity contribution in [2.75, 3.05) is 7.11 Å². The normalized spacial score (nSPS) is 48.2. The Hall–Kier alpha value is -1.42. The molecule has 4 rings (SSSR count). The monoisotopic (exact) mass is 344 g/mol. The molecule has 3 fully saturated rings. The van der Waals surface area contributed by atoms with Crippen molar-refractivity contribution in [3.8, 4) is 0 Å². The first-order valence-electron chi connectivity index (χ1n) is 9.51. The lowest BCUT2D eigenvalue weighted by atomic mass is 9.47. The van der Waals surface area contributed by atoms with Gasteiger partial charge in [0.2, 0.25) is 0 Å². The number of allylic oxidation sites excluding steroid dienone is 4. The highest BCUT2D eigenvalue weighted by atomic mass is 16.5. The second kappa shape index (κ2) is 5.54. The lowest BCUT2D eigenvalue weighted by molar-refractivity contribution is -0.158. The number of hydrogen-bond acceptors (Lipinski definition) is 4. The average molecular weight is 344 g/mol. The first-order valence-corrected chi connectivity index (χ1v) is 9.51. The maximum atomic E-state index is 12.3. The van der Waals surface area contributed by atoms with Gasteiger partial charge in [-0.3, -0.25) is 9.59 Å². The number of esters is 1. The molecule has 0 heterocycles. The van der Waals surface area contributed by atoms with Crippen LogP contribution in [0.4, 0.5) is 0 Å². The largest absolute Gasteiger partial charge is 0.469 e. The summed E-state index contributed by atoms with van der Waals surface area (Å²) in [5.74, 6) is 0.796. The third kappa shape index (κ3) is 2.22. The Balaban J connectivity index is 1.71. The van der Waals surface area contributed by atoms with Gasteiger partial charge in [0.15, 0.2) is 5.78 Å². The van der Waals surface area contributed by atoms with Gasteiger partial charge in [-0.05, 0) is 61.5 Å². The standard InChI is InChI=1S/C21H28O4/c1-20-9-8-13(22)10-12(20)4-5-14-15-6-7-16(19(24)25-3)21(15,2)11-17(23)18(14)20/h8-10,14-18,23H,4-7,11H2,1-3H3/t14?,15?,16?,17?,18?,20?,21-/m0/s1. The molecule has 6 unspecified atom stereocenters. The van der Waals surface area contributed by atoms with E-state index in [9.17, 15) is 14.7 Å². The van der Waals surface area contributed by atoms with Crippen LogP contribution >= 0.6 is 0 Å². The number of rotatable bonds is 1. The molecule has 1 N–H and O–H groups in total. The van der Waals surface area contributed by atoms with E-state index in [0.717, 1.165) is 25.7 Å². The van der Waals surface area contributed by atoms with Crippen LogP contribution in [-0.4, -0.2) is 30.1 Å². The van der Waals surface area contributed by atoms with E-state index in [4.69, 9.17) is 4.74 Å². The highest BCUT2D eigenvalue weighted by Crippen LogP contribution is 2.66. The summed E-state index contributed by atoms with van der Waals surface area (Å²) >= 11 is 0. The molecule has 4 aliphatic rings. The lowest BCUT2D eigenvalue weighted by Crippen LogP contribution is -2.56. The molecule has 0 saturated heterocycles. The van der Waals surface area contributed by atoms with Gasteiger partial charge in [0.05, 0.1) is 19.1 Å². The van der Waals surface area contributed by atoms with E-state index in [-0.39, 0.29) is 34.4 Å². The van der Waals surface area contributed by atoms with Crippen molar-refractivity contribution in [3.63, 3.8) is 0 Å². The molecule has 0 aromatic rings. The van der Waals surface area contributed by atoms with E-state index in [1.165, 1.54) is 12.7 Å². The minimum Gasteiger partial charge on any atom is -0.469 e. The smallest absolute Gasteiger partial charge is 0.309 e. The van der Waals surface area contributed by atoms with Gasteiger partial charge in [0, 0.05) is 11.3 Å². The van der Waals surface area contributed by atoms with Crippen LogP contribution < -0.4 is 0 Å². The number of aliphatic hydroxyl groups is 1. The number of fused-ring (bicyclic) bond motifs is 5. The number of ketones is 1. The molecule has 3 saturated carbocycles. The van der Waals surface area contributed by atoms with Crippen LogP contribution in [0.25, 0.3) is 0 Å². The van der Waals surface area contributed by atoms with Gasteiger partial charge in [0.25, 0.3) is 0 Å². The van der Waals surface area contributed by atoms with E-state index in [1.807, 2.05) is 6.08 Å². The van der Waals surface area contributed by atoms with Crippen LogP contribution in [0.15, 0.2) is 23.8 Å². The van der Waals surface area contributed by atoms with Crippen LogP contribution in [0.2, 0.25) is 0 Å². The van der Waals surface area contributed by atoms with Gasteiger partial charge < -0.3 is 9.84 Å². The zero-order valence-electron chi connectivity index (χ0n) is 15.3. The minimum atomic E-state index is -0.456. The van der Waals surface area contributed by atoms with E-state index < -0.39 is 6.10 Å². The van der Waals surface area contributed by atoms with Crippen LogP contribution in [0.5, 0.6) is 0 Å². The SMILES string of the molecule is COC(=O)C1CCC2C3CCC4=CC(=O)C=CC4(C)C3C(O)C[C@]12C. The Morgan fingerprint density at radius 2 is 2.04 bits per heavy atom. The van der Waals surface area contributed by atoms with Crippen molar-refractivity contribution >= 4 is 11.8 Å². The maximum absolute atomic E-state index is 12.3. The average Bonchev–Trinajstić information content (AvgIpc) is 2.91. The number of ether oxygens (including phenoxy) is 1. The Labute approximate surface area is 149 Å². The zero-order valence-corrected chi connectivity index (χ0v) is 15.3. The van der Waals surface area contributed by atoms with Gasteiger partial charge >= 0.3 is 5.97 Å². The molecule has 0 aromatic carbocycles. The third-order valence-electron chi connectivity index (χ3n) is 7.98. The van der Waals surface area contributed by atoms with Gasteiger partial charge in [0.1, 0.15) is 0 Å². The molecule has 4 aliphatic carbocycles. The summed E-state index contributed by atoms with van der Waals surface area (Å²) in [6.07, 6.45) is 9.46. The summed E-state index contributed by atoms with van der Waals surface area (Å²) in [5.41, 5.74) is 0.756. The predicted octanol–water partition coefficient (Wildman–Crippen LogP) is 3.05. The first-order chi connectivity index (χ1) is 11.8. The fourth-order valence-corrected chi connectivity index (χ4v) is 6.86. The molecule has 0 aromatic heterocycles. The van der Waals surface area contributed by atoms with E-state index in [2.05, 4.69) is 13.8 Å². The highest BCUT2D eigenvalue weighted by Gasteiger charge is 2.62. The number of methoxy groups -OCH3 is 1. The molecule has 0 aliphatic heterocycles. The molecule has 0 spiro atoms. The molecule has 0 amide bonds. The van der Waals surface area contributed by atoms with E-state index in [1.54, 1.807) is 12.2 Å². The van der Waals surface area contributed by atoms with Gasteiger partial charge in [-0.15, -0.1) is 0 Å². The Morgan fingerprint density at radius 3 is 2.76 bits per heavy atom. The molecule has 4 nitrogen and oxygen atoms in total. The van der Waals surface area contributed by atoms with Gasteiger partial charge in [-0.25, -0.2) is 0 Å². The summed E-state index contributed by atoms with van der Waals surface area (Å²) in [6, 6.07) is 0. The summed E-state index contributed by atoms with van der Waals surface area (Å²) in [4.78, 5) is 24.1. The third-order valence-corrected chi connectivity index (χ3v) is 7.98. The second-order valence-corrected chi connectivity index (χ2v) is 8.95. The van der Waals surface area contributed by atoms with Gasteiger partial charge in [-0.2, -0.15) is 0 Å². The van der Waals surface area contributed by atoms with E-state index in [0.29, 0.717) is 18.3 Å². The molecule has 136 valence electrons. The van der Waals surface area contributed by atoms with Crippen molar-refractivity contribution in [2.24, 2.45) is 34.5 Å². The zero-order chi connectivity index (χ0) is 18.0. The minimum absolute atomic E-state index is 0.0627. The van der Waals surface area contributed by atoms with Crippen molar-refractivity contribution < 1.29 is 19.4 Å². The van der Waals surface area contributed by atoms with Crippen molar-refractivity contribution in [1.82, 2.24) is 0 Å². The summed E-state index contributed by atoms with van der Waals surface area (Å²) in [7, 11) is 1.46. The summed E-state index contributed by atoms with van der Waals surface area (Å²) in [6.45, 7) is 4.36. The Kier molecular flexibility index (Phi) is 3.77. The lowest BCUT2D eigenvalue weighted by Gasteiger charge is -2.58. The van der Waals surface area contributed by atoms with Crippen molar-refractivity contribution in [3.05, 3.63) is 23.8 Å². The molecule has 25 heavy (non-hydrogen) atoms. The molecular weight excluding hydrogens is 316 g/mol. The Bertz CT molecular complexity index is 677. The maximum Gasteiger partial charge on any atom is 0.309 e. The number of hydrogen-bond donors (Lipinski definition) is 1. The fraction of sp³-hybridized carbons (Fsp3) is 0.714. The first kappa shape index (κ1) is 17.0.